The van der Waals surface area contributed by atoms with E-state index < -0.39 is 0 Å². The Kier molecular flexibility index (Phi) is 5.46. The van der Waals surface area contributed by atoms with Gasteiger partial charge in [-0.2, -0.15) is 5.10 Å². The highest BCUT2D eigenvalue weighted by Crippen LogP contribution is 2.35. The Labute approximate surface area is 129 Å². The van der Waals surface area contributed by atoms with Crippen LogP contribution in [0.4, 0.5) is 5.69 Å². The average molecular weight is 305 g/mol. The van der Waals surface area contributed by atoms with E-state index >= 15 is 0 Å². The summed E-state index contributed by atoms with van der Waals surface area (Å²) in [5.41, 5.74) is 4.68. The lowest BCUT2D eigenvalue weighted by molar-refractivity contribution is 0.311. The van der Waals surface area contributed by atoms with Crippen LogP contribution in [0.3, 0.4) is 0 Å². The van der Waals surface area contributed by atoms with Crippen molar-refractivity contribution in [2.75, 3.05) is 19.1 Å². The maximum absolute atomic E-state index is 6.20. The van der Waals surface area contributed by atoms with Crippen LogP contribution < -0.4 is 14.9 Å². The Bertz CT molecular complexity index is 615. The van der Waals surface area contributed by atoms with Crippen LogP contribution >= 0.6 is 11.6 Å². The number of ether oxygens (including phenoxy) is 2. The van der Waals surface area contributed by atoms with E-state index in [1.807, 2.05) is 43.3 Å². The molecule has 0 fully saturated rings. The molecule has 2 rings (SSSR count). The summed E-state index contributed by atoms with van der Waals surface area (Å²) in [6, 6.07) is 13.3. The van der Waals surface area contributed by atoms with Crippen LogP contribution in [0.2, 0.25) is 5.02 Å². The number of halogens is 1. The number of benzene rings is 2. The van der Waals surface area contributed by atoms with E-state index in [0.29, 0.717) is 23.1 Å². The molecule has 110 valence electrons. The molecule has 4 nitrogen and oxygen atoms in total. The molecule has 0 aliphatic carbocycles. The third-order valence-corrected chi connectivity index (χ3v) is 3.00. The second-order valence-electron chi connectivity index (χ2n) is 4.20. The van der Waals surface area contributed by atoms with Gasteiger partial charge in [0, 0.05) is 0 Å². The minimum Gasteiger partial charge on any atom is -0.493 e. The van der Waals surface area contributed by atoms with Gasteiger partial charge < -0.3 is 9.47 Å². The predicted molar refractivity (Wildman–Crippen MR) is 86.8 cm³/mol. The largest absolute Gasteiger partial charge is 0.493 e. The zero-order valence-corrected chi connectivity index (χ0v) is 12.7. The van der Waals surface area contributed by atoms with Crippen molar-refractivity contribution in [1.29, 1.82) is 0 Å². The second kappa shape index (κ2) is 7.55. The van der Waals surface area contributed by atoms with Gasteiger partial charge in [0.15, 0.2) is 11.5 Å². The van der Waals surface area contributed by atoms with E-state index in [-0.39, 0.29) is 0 Å². The van der Waals surface area contributed by atoms with Gasteiger partial charge in [0.1, 0.15) is 0 Å². The van der Waals surface area contributed by atoms with Crippen molar-refractivity contribution in [3.05, 3.63) is 53.1 Å². The van der Waals surface area contributed by atoms with Crippen molar-refractivity contribution in [3.8, 4) is 11.5 Å². The second-order valence-corrected chi connectivity index (χ2v) is 4.61. The molecule has 0 bridgehead atoms. The average Bonchev–Trinajstić information content (AvgIpc) is 2.51. The molecule has 1 N–H and O–H groups in total. The molecule has 0 heterocycles. The monoisotopic (exact) mass is 304 g/mol. The molecule has 0 saturated heterocycles. The van der Waals surface area contributed by atoms with Crippen LogP contribution in [0, 0.1) is 0 Å². The van der Waals surface area contributed by atoms with Crippen molar-refractivity contribution in [1.82, 2.24) is 0 Å². The lowest BCUT2D eigenvalue weighted by Crippen LogP contribution is -1.98. The molecule has 0 saturated carbocycles. The Morgan fingerprint density at radius 2 is 2.00 bits per heavy atom. The third kappa shape index (κ3) is 4.13. The van der Waals surface area contributed by atoms with Crippen LogP contribution in [0.5, 0.6) is 11.5 Å². The molecule has 0 unspecified atom stereocenters. The fourth-order valence-corrected chi connectivity index (χ4v) is 2.07. The molecule has 2 aromatic carbocycles. The van der Waals surface area contributed by atoms with Crippen molar-refractivity contribution in [3.63, 3.8) is 0 Å². The number of hydrogen-bond donors (Lipinski definition) is 1. The Balaban J connectivity index is 2.15. The minimum absolute atomic E-state index is 0.498. The van der Waals surface area contributed by atoms with E-state index in [1.54, 1.807) is 19.4 Å². The SMILES string of the molecule is CCOc1c(Cl)cc(C=NNc2ccccc2)cc1OC. The molecule has 0 atom stereocenters. The summed E-state index contributed by atoms with van der Waals surface area (Å²) in [5, 5.41) is 4.67. The summed E-state index contributed by atoms with van der Waals surface area (Å²) in [7, 11) is 1.58. The highest BCUT2D eigenvalue weighted by Gasteiger charge is 2.10. The Morgan fingerprint density at radius 3 is 2.67 bits per heavy atom. The number of hydrogen-bond acceptors (Lipinski definition) is 4. The molecule has 21 heavy (non-hydrogen) atoms. The van der Waals surface area contributed by atoms with E-state index in [0.717, 1.165) is 11.3 Å². The first kappa shape index (κ1) is 15.2. The number of para-hydroxylation sites is 1. The highest BCUT2D eigenvalue weighted by atomic mass is 35.5. The van der Waals surface area contributed by atoms with E-state index in [2.05, 4.69) is 10.5 Å². The Morgan fingerprint density at radius 1 is 1.24 bits per heavy atom. The van der Waals surface area contributed by atoms with Crippen molar-refractivity contribution >= 4 is 23.5 Å². The fraction of sp³-hybridized carbons (Fsp3) is 0.188. The van der Waals surface area contributed by atoms with Crippen LogP contribution in [-0.4, -0.2) is 19.9 Å². The van der Waals surface area contributed by atoms with Crippen LogP contribution in [-0.2, 0) is 0 Å². The first-order valence-corrected chi connectivity index (χ1v) is 6.97. The molecule has 0 aliphatic heterocycles. The van der Waals surface area contributed by atoms with Gasteiger partial charge in [-0.3, -0.25) is 5.43 Å². The first-order valence-electron chi connectivity index (χ1n) is 6.59. The summed E-state index contributed by atoms with van der Waals surface area (Å²) in [6.45, 7) is 2.42. The summed E-state index contributed by atoms with van der Waals surface area (Å²) in [4.78, 5) is 0. The molecule has 0 amide bonds. The number of nitrogens with one attached hydrogen (secondary N) is 1. The summed E-state index contributed by atoms with van der Waals surface area (Å²) < 4.78 is 10.8. The number of anilines is 1. The number of nitrogens with zero attached hydrogens (tertiary/aromatic N) is 1. The normalized spacial score (nSPS) is 10.6. The van der Waals surface area contributed by atoms with Crippen molar-refractivity contribution < 1.29 is 9.47 Å². The van der Waals surface area contributed by atoms with Gasteiger partial charge >= 0.3 is 0 Å². The van der Waals surface area contributed by atoms with Gasteiger partial charge in [0.05, 0.1) is 30.6 Å². The van der Waals surface area contributed by atoms with Crippen LogP contribution in [0.15, 0.2) is 47.6 Å². The summed E-state index contributed by atoms with van der Waals surface area (Å²) in [5.74, 6) is 1.14. The maximum atomic E-state index is 6.20. The molecule has 0 aromatic heterocycles. The molecule has 0 aliphatic rings. The summed E-state index contributed by atoms with van der Waals surface area (Å²) in [6.07, 6.45) is 1.68. The molecule has 5 heteroatoms. The fourth-order valence-electron chi connectivity index (χ4n) is 1.79. The Hall–Kier alpha value is -2.20. The topological polar surface area (TPSA) is 42.8 Å². The quantitative estimate of drug-likeness (QED) is 0.642. The smallest absolute Gasteiger partial charge is 0.179 e. The highest BCUT2D eigenvalue weighted by molar-refractivity contribution is 6.32. The van der Waals surface area contributed by atoms with E-state index in [4.69, 9.17) is 21.1 Å². The molecule has 0 spiro atoms. The molecular formula is C16H17ClN2O2. The number of rotatable bonds is 6. The molecule has 2 aromatic rings. The zero-order valence-electron chi connectivity index (χ0n) is 12.0. The molecular weight excluding hydrogens is 288 g/mol. The van der Waals surface area contributed by atoms with Gasteiger partial charge in [-0.1, -0.05) is 29.8 Å². The molecule has 0 radical (unpaired) electrons. The van der Waals surface area contributed by atoms with Gasteiger partial charge in [-0.25, -0.2) is 0 Å². The summed E-state index contributed by atoms with van der Waals surface area (Å²) >= 11 is 6.20. The van der Waals surface area contributed by atoms with Crippen molar-refractivity contribution in [2.45, 2.75) is 6.92 Å². The predicted octanol–water partition coefficient (Wildman–Crippen LogP) is 4.19. The standard InChI is InChI=1S/C16H17ClN2O2/c1-3-21-16-14(17)9-12(10-15(16)20-2)11-18-19-13-7-5-4-6-8-13/h4-11,19H,3H2,1-2H3. The maximum Gasteiger partial charge on any atom is 0.179 e. The van der Waals surface area contributed by atoms with E-state index in [1.165, 1.54) is 0 Å². The zero-order chi connectivity index (χ0) is 15.1. The van der Waals surface area contributed by atoms with Crippen LogP contribution in [0.1, 0.15) is 12.5 Å². The number of methoxy groups -OCH3 is 1. The van der Waals surface area contributed by atoms with Gasteiger partial charge in [0.25, 0.3) is 0 Å². The first-order chi connectivity index (χ1) is 10.2. The van der Waals surface area contributed by atoms with Gasteiger partial charge in [-0.15, -0.1) is 0 Å². The van der Waals surface area contributed by atoms with Crippen molar-refractivity contribution in [2.24, 2.45) is 5.10 Å². The van der Waals surface area contributed by atoms with Crippen LogP contribution in [0.25, 0.3) is 0 Å². The lowest BCUT2D eigenvalue weighted by atomic mass is 10.2. The van der Waals surface area contributed by atoms with Gasteiger partial charge in [-0.05, 0) is 36.8 Å². The minimum atomic E-state index is 0.498. The lowest BCUT2D eigenvalue weighted by Gasteiger charge is -2.11. The third-order valence-electron chi connectivity index (χ3n) is 2.72. The number of hydrazone groups is 1. The van der Waals surface area contributed by atoms with E-state index in [9.17, 15) is 0 Å². The van der Waals surface area contributed by atoms with Gasteiger partial charge in [0.2, 0.25) is 0 Å².